The van der Waals surface area contributed by atoms with Gasteiger partial charge in [0, 0.05) is 36.0 Å². The SMILES string of the molecule is COc1cccc(NC(=O)CN(C)C(=O)c2cccc(NC(=O)C3CC3)c2)c1. The average molecular weight is 381 g/mol. The Hall–Kier alpha value is -3.35. The molecule has 1 fully saturated rings. The summed E-state index contributed by atoms with van der Waals surface area (Å²) in [6, 6.07) is 13.7. The molecule has 2 aromatic rings. The molecule has 1 aliphatic carbocycles. The lowest BCUT2D eigenvalue weighted by atomic mass is 10.1. The van der Waals surface area contributed by atoms with Crippen molar-refractivity contribution in [2.24, 2.45) is 5.92 Å². The van der Waals surface area contributed by atoms with Crippen LogP contribution in [0.3, 0.4) is 0 Å². The maximum absolute atomic E-state index is 12.6. The number of nitrogens with zero attached hydrogens (tertiary/aromatic N) is 1. The summed E-state index contributed by atoms with van der Waals surface area (Å²) in [7, 11) is 3.11. The number of rotatable bonds is 7. The van der Waals surface area contributed by atoms with Crippen LogP contribution in [0.5, 0.6) is 5.75 Å². The first kappa shape index (κ1) is 19.4. The van der Waals surface area contributed by atoms with E-state index >= 15 is 0 Å². The van der Waals surface area contributed by atoms with E-state index in [1.54, 1.807) is 62.7 Å². The molecule has 1 aliphatic rings. The third-order valence-corrected chi connectivity index (χ3v) is 4.41. The molecule has 0 aliphatic heterocycles. The van der Waals surface area contributed by atoms with E-state index in [-0.39, 0.29) is 30.2 Å². The molecule has 0 unspecified atom stereocenters. The van der Waals surface area contributed by atoms with E-state index in [9.17, 15) is 14.4 Å². The molecule has 1 saturated carbocycles. The summed E-state index contributed by atoms with van der Waals surface area (Å²) in [5.41, 5.74) is 1.58. The van der Waals surface area contributed by atoms with Crippen molar-refractivity contribution in [3.8, 4) is 5.75 Å². The molecule has 28 heavy (non-hydrogen) atoms. The first-order valence-corrected chi connectivity index (χ1v) is 9.06. The summed E-state index contributed by atoms with van der Waals surface area (Å²) < 4.78 is 5.13. The fourth-order valence-corrected chi connectivity index (χ4v) is 2.73. The van der Waals surface area contributed by atoms with Crippen LogP contribution in [-0.4, -0.2) is 43.3 Å². The second-order valence-electron chi connectivity index (χ2n) is 6.79. The molecule has 0 spiro atoms. The summed E-state index contributed by atoms with van der Waals surface area (Å²) in [6.07, 6.45) is 1.82. The Bertz CT molecular complexity index is 893. The van der Waals surface area contributed by atoms with Crippen LogP contribution in [0.1, 0.15) is 23.2 Å². The summed E-state index contributed by atoms with van der Waals surface area (Å²) >= 11 is 0. The number of amides is 3. The van der Waals surface area contributed by atoms with Gasteiger partial charge in [0.2, 0.25) is 11.8 Å². The van der Waals surface area contributed by atoms with Crippen LogP contribution < -0.4 is 15.4 Å². The number of carbonyl (C=O) groups is 3. The number of nitrogens with one attached hydrogen (secondary N) is 2. The van der Waals surface area contributed by atoms with Crippen molar-refractivity contribution >= 4 is 29.1 Å². The molecule has 0 bridgehead atoms. The van der Waals surface area contributed by atoms with Gasteiger partial charge in [-0.3, -0.25) is 14.4 Å². The number of hydrogen-bond acceptors (Lipinski definition) is 4. The highest BCUT2D eigenvalue weighted by atomic mass is 16.5. The van der Waals surface area contributed by atoms with E-state index in [4.69, 9.17) is 4.74 Å². The van der Waals surface area contributed by atoms with Gasteiger partial charge in [-0.25, -0.2) is 0 Å². The van der Waals surface area contributed by atoms with Crippen LogP contribution >= 0.6 is 0 Å². The van der Waals surface area contributed by atoms with Crippen molar-refractivity contribution in [3.05, 3.63) is 54.1 Å². The van der Waals surface area contributed by atoms with Gasteiger partial charge >= 0.3 is 0 Å². The minimum absolute atomic E-state index is 0.0179. The van der Waals surface area contributed by atoms with Gasteiger partial charge in [-0.05, 0) is 43.2 Å². The number of benzene rings is 2. The molecule has 0 saturated heterocycles. The smallest absolute Gasteiger partial charge is 0.254 e. The van der Waals surface area contributed by atoms with Gasteiger partial charge < -0.3 is 20.3 Å². The molecule has 0 heterocycles. The van der Waals surface area contributed by atoms with Crippen LogP contribution in [0.25, 0.3) is 0 Å². The van der Waals surface area contributed by atoms with Crippen LogP contribution in [0, 0.1) is 5.92 Å². The molecule has 2 N–H and O–H groups in total. The molecule has 3 rings (SSSR count). The minimum Gasteiger partial charge on any atom is -0.497 e. The van der Waals surface area contributed by atoms with Crippen molar-refractivity contribution in [2.75, 3.05) is 31.3 Å². The van der Waals surface area contributed by atoms with Gasteiger partial charge in [0.1, 0.15) is 5.75 Å². The van der Waals surface area contributed by atoms with Crippen molar-refractivity contribution in [1.82, 2.24) is 4.90 Å². The zero-order valence-electron chi connectivity index (χ0n) is 15.9. The van der Waals surface area contributed by atoms with E-state index < -0.39 is 0 Å². The third-order valence-electron chi connectivity index (χ3n) is 4.41. The van der Waals surface area contributed by atoms with E-state index in [0.29, 0.717) is 22.7 Å². The van der Waals surface area contributed by atoms with Gasteiger partial charge in [-0.2, -0.15) is 0 Å². The van der Waals surface area contributed by atoms with Gasteiger partial charge in [0.15, 0.2) is 0 Å². The van der Waals surface area contributed by atoms with Gasteiger partial charge in [0.05, 0.1) is 13.7 Å². The molecular weight excluding hydrogens is 358 g/mol. The quantitative estimate of drug-likeness (QED) is 0.772. The fraction of sp³-hybridized carbons (Fsp3) is 0.286. The Balaban J connectivity index is 1.58. The average Bonchev–Trinajstić information content (AvgIpc) is 3.53. The summed E-state index contributed by atoms with van der Waals surface area (Å²) in [6.45, 7) is -0.102. The van der Waals surface area contributed by atoms with E-state index in [2.05, 4.69) is 10.6 Å². The number of hydrogen-bond donors (Lipinski definition) is 2. The lowest BCUT2D eigenvalue weighted by Crippen LogP contribution is -2.35. The van der Waals surface area contributed by atoms with Gasteiger partial charge in [-0.1, -0.05) is 12.1 Å². The summed E-state index contributed by atoms with van der Waals surface area (Å²) in [5.74, 6) is 0.0795. The second kappa shape index (κ2) is 8.56. The van der Waals surface area contributed by atoms with Crippen LogP contribution in [0.15, 0.2) is 48.5 Å². The van der Waals surface area contributed by atoms with Crippen molar-refractivity contribution < 1.29 is 19.1 Å². The highest BCUT2D eigenvalue weighted by molar-refractivity contribution is 6.01. The largest absolute Gasteiger partial charge is 0.497 e. The molecule has 7 heteroatoms. The first-order chi connectivity index (χ1) is 13.5. The molecule has 146 valence electrons. The standard InChI is InChI=1S/C21H23N3O4/c1-24(13-19(25)22-17-7-4-8-18(12-17)28-2)21(27)15-5-3-6-16(11-15)23-20(26)14-9-10-14/h3-8,11-12,14H,9-10,13H2,1-2H3,(H,22,25)(H,23,26). The first-order valence-electron chi connectivity index (χ1n) is 9.06. The van der Waals surface area contributed by atoms with Crippen molar-refractivity contribution in [3.63, 3.8) is 0 Å². The lowest BCUT2D eigenvalue weighted by molar-refractivity contribution is -0.117. The Morgan fingerprint density at radius 3 is 2.39 bits per heavy atom. The fourth-order valence-electron chi connectivity index (χ4n) is 2.73. The zero-order chi connectivity index (χ0) is 20.1. The Morgan fingerprint density at radius 2 is 1.71 bits per heavy atom. The second-order valence-corrected chi connectivity index (χ2v) is 6.79. The Morgan fingerprint density at radius 1 is 1.04 bits per heavy atom. The maximum atomic E-state index is 12.6. The highest BCUT2D eigenvalue weighted by Crippen LogP contribution is 2.30. The number of methoxy groups -OCH3 is 1. The zero-order valence-corrected chi connectivity index (χ0v) is 15.9. The lowest BCUT2D eigenvalue weighted by Gasteiger charge is -2.17. The predicted molar refractivity (Wildman–Crippen MR) is 106 cm³/mol. The normalized spacial score (nSPS) is 12.8. The number of likely N-dealkylation sites (N-methyl/N-ethyl adjacent to an activating group) is 1. The predicted octanol–water partition coefficient (Wildman–Crippen LogP) is 2.75. The monoisotopic (exact) mass is 381 g/mol. The van der Waals surface area contributed by atoms with Crippen LogP contribution in [-0.2, 0) is 9.59 Å². The minimum atomic E-state index is -0.317. The van der Waals surface area contributed by atoms with E-state index in [1.165, 1.54) is 4.90 Å². The van der Waals surface area contributed by atoms with Crippen molar-refractivity contribution in [2.45, 2.75) is 12.8 Å². The van der Waals surface area contributed by atoms with Gasteiger partial charge in [0.25, 0.3) is 5.91 Å². The molecule has 3 amide bonds. The van der Waals surface area contributed by atoms with E-state index in [0.717, 1.165) is 12.8 Å². The third kappa shape index (κ3) is 5.09. The maximum Gasteiger partial charge on any atom is 0.254 e. The molecule has 7 nitrogen and oxygen atoms in total. The molecule has 0 radical (unpaired) electrons. The Kier molecular flexibility index (Phi) is 5.93. The van der Waals surface area contributed by atoms with Crippen LogP contribution in [0.4, 0.5) is 11.4 Å². The van der Waals surface area contributed by atoms with Crippen molar-refractivity contribution in [1.29, 1.82) is 0 Å². The van der Waals surface area contributed by atoms with Gasteiger partial charge in [-0.15, -0.1) is 0 Å². The molecule has 0 aromatic heterocycles. The summed E-state index contributed by atoms with van der Waals surface area (Å²) in [5, 5.41) is 5.56. The molecule has 0 atom stereocenters. The topological polar surface area (TPSA) is 87.7 Å². The van der Waals surface area contributed by atoms with Crippen LogP contribution in [0.2, 0.25) is 0 Å². The molecular formula is C21H23N3O4. The molecule has 2 aromatic carbocycles. The highest BCUT2D eigenvalue weighted by Gasteiger charge is 2.29. The Labute approximate surface area is 163 Å². The number of carbonyl (C=O) groups excluding carboxylic acids is 3. The number of anilines is 2. The summed E-state index contributed by atoms with van der Waals surface area (Å²) in [4.78, 5) is 38.1. The van der Waals surface area contributed by atoms with E-state index in [1.807, 2.05) is 0 Å². The number of ether oxygens (including phenoxy) is 1.